The van der Waals surface area contributed by atoms with Gasteiger partial charge in [-0.05, 0) is 25.9 Å². The number of benzene rings is 1. The molecular formula is C22H28N4O3. The number of amides is 2. The number of aromatic nitrogens is 1. The van der Waals surface area contributed by atoms with Gasteiger partial charge in [0.2, 0.25) is 11.8 Å². The molecule has 7 nitrogen and oxygen atoms in total. The molecule has 2 saturated heterocycles. The summed E-state index contributed by atoms with van der Waals surface area (Å²) in [5.41, 5.74) is 0.971. The largest absolute Gasteiger partial charge is 0.441 e. The van der Waals surface area contributed by atoms with Crippen molar-refractivity contribution in [3.05, 3.63) is 42.4 Å². The molecule has 154 valence electrons. The van der Waals surface area contributed by atoms with E-state index in [9.17, 15) is 9.59 Å². The lowest BCUT2D eigenvalue weighted by molar-refractivity contribution is -0.143. The van der Waals surface area contributed by atoms with Crippen molar-refractivity contribution in [1.29, 1.82) is 0 Å². The Kier molecular flexibility index (Phi) is 5.94. The van der Waals surface area contributed by atoms with Crippen molar-refractivity contribution in [3.63, 3.8) is 0 Å². The summed E-state index contributed by atoms with van der Waals surface area (Å²) in [5.74, 6) is 1.86. The molecule has 1 atom stereocenters. The van der Waals surface area contributed by atoms with Crippen LogP contribution in [0.1, 0.15) is 18.7 Å². The average molecular weight is 396 g/mol. The molecule has 2 aliphatic heterocycles. The highest BCUT2D eigenvalue weighted by Gasteiger charge is 2.35. The first-order chi connectivity index (χ1) is 14.1. The molecule has 1 aromatic heterocycles. The molecule has 29 heavy (non-hydrogen) atoms. The third-order valence-electron chi connectivity index (χ3n) is 5.82. The number of nitrogens with one attached hydrogen (secondary N) is 1. The van der Waals surface area contributed by atoms with Gasteiger partial charge in [0.05, 0.1) is 12.1 Å². The fourth-order valence-corrected chi connectivity index (χ4v) is 3.96. The van der Waals surface area contributed by atoms with E-state index in [0.717, 1.165) is 31.6 Å². The van der Waals surface area contributed by atoms with E-state index in [1.807, 2.05) is 30.3 Å². The quantitative estimate of drug-likeness (QED) is 0.772. The molecule has 2 fully saturated rings. The molecule has 1 unspecified atom stereocenters. The molecule has 2 aliphatic rings. The number of hydrogen-bond donors (Lipinski definition) is 1. The zero-order valence-electron chi connectivity index (χ0n) is 16.8. The first-order valence-electron chi connectivity index (χ1n) is 10.3. The van der Waals surface area contributed by atoms with Crippen molar-refractivity contribution >= 4 is 11.8 Å². The van der Waals surface area contributed by atoms with E-state index >= 15 is 0 Å². The number of likely N-dealkylation sites (tertiary alicyclic amines) is 2. The molecule has 0 aliphatic carbocycles. The van der Waals surface area contributed by atoms with Gasteiger partial charge in [0.1, 0.15) is 0 Å². The number of rotatable bonds is 7. The number of aryl methyl sites for hydroxylation is 1. The number of oxazole rings is 1. The van der Waals surface area contributed by atoms with E-state index in [-0.39, 0.29) is 17.7 Å². The maximum Gasteiger partial charge on any atom is 0.226 e. The second-order valence-electron chi connectivity index (χ2n) is 8.14. The van der Waals surface area contributed by atoms with Crippen LogP contribution in [0.4, 0.5) is 0 Å². The van der Waals surface area contributed by atoms with Gasteiger partial charge in [-0.15, -0.1) is 0 Å². The molecule has 1 aromatic carbocycles. The Hall–Kier alpha value is -2.67. The summed E-state index contributed by atoms with van der Waals surface area (Å²) >= 11 is 0. The van der Waals surface area contributed by atoms with Crippen molar-refractivity contribution in [2.45, 2.75) is 19.3 Å². The molecule has 0 radical (unpaired) electrons. The van der Waals surface area contributed by atoms with Crippen LogP contribution in [-0.4, -0.2) is 66.4 Å². The van der Waals surface area contributed by atoms with Crippen molar-refractivity contribution in [2.75, 3.05) is 39.8 Å². The Morgan fingerprint density at radius 2 is 2.00 bits per heavy atom. The number of carbonyl (C=O) groups is 2. The first kappa shape index (κ1) is 19.6. The van der Waals surface area contributed by atoms with Crippen molar-refractivity contribution in [3.8, 4) is 11.3 Å². The van der Waals surface area contributed by atoms with Crippen molar-refractivity contribution < 1.29 is 14.0 Å². The summed E-state index contributed by atoms with van der Waals surface area (Å²) in [6, 6.07) is 9.78. The first-order valence-corrected chi connectivity index (χ1v) is 10.3. The van der Waals surface area contributed by atoms with E-state index in [1.54, 1.807) is 11.1 Å². The second-order valence-corrected chi connectivity index (χ2v) is 8.14. The maximum absolute atomic E-state index is 12.4. The molecule has 0 spiro atoms. The summed E-state index contributed by atoms with van der Waals surface area (Å²) in [7, 11) is 2.11. The van der Waals surface area contributed by atoms with Crippen LogP contribution in [0, 0.1) is 11.8 Å². The molecular weight excluding hydrogens is 368 g/mol. The predicted octanol–water partition coefficient (Wildman–Crippen LogP) is 1.80. The summed E-state index contributed by atoms with van der Waals surface area (Å²) in [6.45, 7) is 3.90. The fourth-order valence-electron chi connectivity index (χ4n) is 3.96. The predicted molar refractivity (Wildman–Crippen MR) is 109 cm³/mol. The van der Waals surface area contributed by atoms with Crippen LogP contribution in [0.25, 0.3) is 11.3 Å². The average Bonchev–Trinajstić information content (AvgIpc) is 3.33. The smallest absolute Gasteiger partial charge is 0.226 e. The zero-order chi connectivity index (χ0) is 20.2. The second kappa shape index (κ2) is 8.78. The lowest BCUT2D eigenvalue weighted by atomic mass is 9.98. The van der Waals surface area contributed by atoms with Gasteiger partial charge >= 0.3 is 0 Å². The highest BCUT2D eigenvalue weighted by molar-refractivity contribution is 5.84. The van der Waals surface area contributed by atoms with E-state index in [2.05, 4.69) is 22.2 Å². The van der Waals surface area contributed by atoms with Crippen molar-refractivity contribution in [2.24, 2.45) is 11.8 Å². The normalized spacial score (nSPS) is 19.9. The summed E-state index contributed by atoms with van der Waals surface area (Å²) in [5, 5.41) is 3.05. The van der Waals surface area contributed by atoms with Crippen LogP contribution in [0.15, 0.2) is 40.9 Å². The Morgan fingerprint density at radius 1 is 1.21 bits per heavy atom. The fraction of sp³-hybridized carbons (Fsp3) is 0.500. The monoisotopic (exact) mass is 396 g/mol. The van der Waals surface area contributed by atoms with Crippen LogP contribution in [0.2, 0.25) is 0 Å². The lowest BCUT2D eigenvalue weighted by Gasteiger charge is -2.38. The maximum atomic E-state index is 12.4. The zero-order valence-corrected chi connectivity index (χ0v) is 16.8. The van der Waals surface area contributed by atoms with Crippen LogP contribution in [0.3, 0.4) is 0 Å². The van der Waals surface area contributed by atoms with Gasteiger partial charge < -0.3 is 19.5 Å². The Bertz CT molecular complexity index is 845. The summed E-state index contributed by atoms with van der Waals surface area (Å²) in [4.78, 5) is 32.9. The van der Waals surface area contributed by atoms with Gasteiger partial charge in [0, 0.05) is 44.6 Å². The van der Waals surface area contributed by atoms with E-state index in [0.29, 0.717) is 43.5 Å². The minimum atomic E-state index is -0.0792. The minimum absolute atomic E-state index is 0.0472. The number of nitrogens with zero attached hydrogens (tertiary/aromatic N) is 3. The van der Waals surface area contributed by atoms with Crippen LogP contribution < -0.4 is 5.32 Å². The van der Waals surface area contributed by atoms with Gasteiger partial charge in [-0.1, -0.05) is 30.3 Å². The van der Waals surface area contributed by atoms with E-state index in [4.69, 9.17) is 4.42 Å². The molecule has 3 heterocycles. The third-order valence-corrected chi connectivity index (χ3v) is 5.82. The molecule has 2 aromatic rings. The summed E-state index contributed by atoms with van der Waals surface area (Å²) in [6.07, 6.45) is 3.64. The topological polar surface area (TPSA) is 78.7 Å². The van der Waals surface area contributed by atoms with Gasteiger partial charge in [-0.2, -0.15) is 0 Å². The van der Waals surface area contributed by atoms with Gasteiger partial charge in [-0.25, -0.2) is 4.98 Å². The number of carbonyl (C=O) groups excluding carboxylic acids is 2. The third kappa shape index (κ3) is 4.85. The highest BCUT2D eigenvalue weighted by Crippen LogP contribution is 2.22. The molecule has 2 amide bonds. The molecule has 0 bridgehead atoms. The van der Waals surface area contributed by atoms with Crippen LogP contribution >= 0.6 is 0 Å². The molecule has 1 N–H and O–H groups in total. The van der Waals surface area contributed by atoms with Gasteiger partial charge in [0.15, 0.2) is 11.7 Å². The molecule has 0 saturated carbocycles. The Labute approximate surface area is 171 Å². The Balaban J connectivity index is 1.16. The highest BCUT2D eigenvalue weighted by atomic mass is 16.4. The molecule has 7 heteroatoms. The SMILES string of the molecule is CN1CCC(CNC(=O)C2CN(C(=O)CCc3ncc(-c4ccccc4)o3)C2)C1. The Morgan fingerprint density at radius 3 is 2.72 bits per heavy atom. The van der Waals surface area contributed by atoms with Gasteiger partial charge in [-0.3, -0.25) is 9.59 Å². The van der Waals surface area contributed by atoms with E-state index in [1.165, 1.54) is 0 Å². The van der Waals surface area contributed by atoms with E-state index < -0.39 is 0 Å². The lowest BCUT2D eigenvalue weighted by Crippen LogP contribution is -2.56. The van der Waals surface area contributed by atoms with Crippen LogP contribution in [0.5, 0.6) is 0 Å². The van der Waals surface area contributed by atoms with Gasteiger partial charge in [0.25, 0.3) is 0 Å². The minimum Gasteiger partial charge on any atom is -0.441 e. The number of hydrogen-bond acceptors (Lipinski definition) is 5. The van der Waals surface area contributed by atoms with Crippen molar-refractivity contribution in [1.82, 2.24) is 20.1 Å². The molecule has 4 rings (SSSR count). The summed E-state index contributed by atoms with van der Waals surface area (Å²) < 4.78 is 5.75. The standard InChI is InChI=1S/C22H28N4O3/c1-25-10-9-16(13-25)11-24-22(28)18-14-26(15-18)21(27)8-7-20-23-12-19(29-20)17-5-3-2-4-6-17/h2-6,12,16,18H,7-11,13-15H2,1H3,(H,24,28). The van der Waals surface area contributed by atoms with Crippen LogP contribution in [-0.2, 0) is 16.0 Å².